The molecular formula is C40H82Na3O5P. The molecule has 0 saturated carbocycles. The molecule has 0 aliphatic heterocycles. The molecule has 0 aromatic carbocycles. The Morgan fingerprint density at radius 3 is 0.714 bits per heavy atom. The van der Waals surface area contributed by atoms with Crippen molar-refractivity contribution in [3.05, 3.63) is 0 Å². The summed E-state index contributed by atoms with van der Waals surface area (Å²) in [6.45, 7) is 11.4. The fourth-order valence-corrected chi connectivity index (χ4v) is 6.58. The predicted molar refractivity (Wildman–Crippen MR) is 196 cm³/mol. The van der Waals surface area contributed by atoms with E-state index >= 15 is 0 Å². The molecular weight excluding hydrogens is 660 g/mol. The van der Waals surface area contributed by atoms with E-state index in [0.717, 1.165) is 25.0 Å². The minimum absolute atomic E-state index is 0. The molecule has 0 fully saturated rings. The van der Waals surface area contributed by atoms with Crippen LogP contribution < -0.4 is 103 Å². The van der Waals surface area contributed by atoms with Crippen LogP contribution in [0.15, 0.2) is 0 Å². The molecule has 5 nitrogen and oxygen atoms in total. The molecule has 0 aliphatic rings. The molecule has 0 N–H and O–H groups in total. The van der Waals surface area contributed by atoms with E-state index in [9.17, 15) is 0 Å². The molecule has 0 spiro atoms. The van der Waals surface area contributed by atoms with Gasteiger partial charge < -0.3 is 24.0 Å². The van der Waals surface area contributed by atoms with Gasteiger partial charge in [0.15, 0.2) is 0 Å². The molecule has 0 aromatic rings. The van der Waals surface area contributed by atoms with E-state index in [1.54, 1.807) is 0 Å². The zero-order valence-electron chi connectivity index (χ0n) is 34.7. The van der Waals surface area contributed by atoms with Gasteiger partial charge in [0.25, 0.3) is 0 Å². The first-order valence-corrected chi connectivity index (χ1v) is 22.0. The third-order valence-electron chi connectivity index (χ3n) is 9.57. The van der Waals surface area contributed by atoms with Crippen LogP contribution in [0.4, 0.5) is 0 Å². The SMILES string of the molecule is CCCCCCCCCCC(CCCCCCCC)COCC(CCCCCCCC)CCCCCCCCCC.O=P([O-])([O-])[O-].[Na+].[Na+].[Na+]. The predicted octanol–water partition coefficient (Wildman–Crippen LogP) is 2.99. The Kier molecular flexibility index (Phi) is 63.9. The van der Waals surface area contributed by atoms with Crippen molar-refractivity contribution in [3.8, 4) is 0 Å². The number of phosphoric acid groups is 1. The van der Waals surface area contributed by atoms with Crippen LogP contribution in [0.5, 0.6) is 0 Å². The Balaban J connectivity index is -0.000000747. The summed E-state index contributed by atoms with van der Waals surface area (Å²) in [5.41, 5.74) is 0. The van der Waals surface area contributed by atoms with Crippen molar-refractivity contribution in [3.63, 3.8) is 0 Å². The zero-order valence-corrected chi connectivity index (χ0v) is 41.6. The Bertz CT molecular complexity index is 564. The second-order valence-electron chi connectivity index (χ2n) is 14.4. The van der Waals surface area contributed by atoms with Gasteiger partial charge in [0.05, 0.1) is 0 Å². The van der Waals surface area contributed by atoms with Gasteiger partial charge in [-0.1, -0.05) is 207 Å². The van der Waals surface area contributed by atoms with Gasteiger partial charge in [0, 0.05) is 13.2 Å². The largest absolute Gasteiger partial charge is 1.00 e. The van der Waals surface area contributed by atoms with Crippen LogP contribution in [0, 0.1) is 11.8 Å². The molecule has 280 valence electrons. The summed E-state index contributed by atoms with van der Waals surface area (Å²) < 4.78 is 15.1. The van der Waals surface area contributed by atoms with Crippen molar-refractivity contribution in [2.75, 3.05) is 13.2 Å². The average Bonchev–Trinajstić information content (AvgIpc) is 3.01. The molecule has 0 bridgehead atoms. The molecule has 49 heavy (non-hydrogen) atoms. The fourth-order valence-electron chi connectivity index (χ4n) is 6.58. The Morgan fingerprint density at radius 1 is 0.367 bits per heavy atom. The van der Waals surface area contributed by atoms with Crippen LogP contribution in [0.3, 0.4) is 0 Å². The first kappa shape index (κ1) is 61.3. The molecule has 9 heteroatoms. The number of ether oxygens (including phenoxy) is 1. The van der Waals surface area contributed by atoms with Gasteiger partial charge in [-0.05, 0) is 37.5 Å². The number of hydrogen-bond donors (Lipinski definition) is 0. The van der Waals surface area contributed by atoms with Crippen molar-refractivity contribution in [1.29, 1.82) is 0 Å². The maximum atomic E-state index is 8.55. The van der Waals surface area contributed by atoms with Crippen molar-refractivity contribution in [2.45, 2.75) is 233 Å². The van der Waals surface area contributed by atoms with Gasteiger partial charge in [0.1, 0.15) is 0 Å². The van der Waals surface area contributed by atoms with Crippen LogP contribution in [0.25, 0.3) is 0 Å². The van der Waals surface area contributed by atoms with Gasteiger partial charge >= 0.3 is 88.7 Å². The summed E-state index contributed by atoms with van der Waals surface area (Å²) in [5.74, 6) is 1.61. The standard InChI is InChI=1S/C40H82O.3Na.H3O4P/c1-5-9-13-17-21-23-27-31-35-39(33-29-25-19-15-11-7-3)37-41-38-40(34-30-26-20-16-12-8-4)36-32-28-24-22-18-14-10-6-2;;;;1-5(2,3)4/h39-40H,5-38H2,1-4H3;;;;(H3,1,2,3,4)/q;3*+1;/p-3. The van der Waals surface area contributed by atoms with Gasteiger partial charge in [0.2, 0.25) is 0 Å². The second kappa shape index (κ2) is 51.1. The summed E-state index contributed by atoms with van der Waals surface area (Å²) in [4.78, 5) is 25.6. The first-order valence-electron chi connectivity index (χ1n) is 20.6. The van der Waals surface area contributed by atoms with E-state index in [0.29, 0.717) is 0 Å². The van der Waals surface area contributed by atoms with E-state index in [1.165, 1.54) is 205 Å². The molecule has 0 heterocycles. The van der Waals surface area contributed by atoms with Crippen molar-refractivity contribution < 1.29 is 113 Å². The van der Waals surface area contributed by atoms with Gasteiger partial charge in [-0.25, -0.2) is 0 Å². The molecule has 0 aliphatic carbocycles. The maximum absolute atomic E-state index is 8.55. The van der Waals surface area contributed by atoms with Gasteiger partial charge in [-0.15, -0.1) is 0 Å². The summed E-state index contributed by atoms with van der Waals surface area (Å²) >= 11 is 0. The normalized spacial score (nSPS) is 12.2. The first-order chi connectivity index (χ1) is 22.3. The quantitative estimate of drug-likeness (QED) is 0.0560. The zero-order chi connectivity index (χ0) is 34.4. The van der Waals surface area contributed by atoms with E-state index in [4.69, 9.17) is 24.0 Å². The third-order valence-corrected chi connectivity index (χ3v) is 9.57. The summed E-state index contributed by atoms with van der Waals surface area (Å²) in [7, 11) is -5.39. The van der Waals surface area contributed by atoms with Crippen LogP contribution in [0.2, 0.25) is 0 Å². The van der Waals surface area contributed by atoms with Gasteiger partial charge in [-0.3, -0.25) is 0 Å². The Morgan fingerprint density at radius 2 is 0.531 bits per heavy atom. The molecule has 2 unspecified atom stereocenters. The molecule has 0 amide bonds. The van der Waals surface area contributed by atoms with E-state index in [2.05, 4.69) is 27.7 Å². The average molecular weight is 743 g/mol. The maximum Gasteiger partial charge on any atom is 1.00 e. The van der Waals surface area contributed by atoms with Crippen LogP contribution >= 0.6 is 7.82 Å². The van der Waals surface area contributed by atoms with Crippen LogP contribution in [0.1, 0.15) is 233 Å². The Hall–Kier alpha value is 3.07. The topological polar surface area (TPSA) is 95.5 Å². The third kappa shape index (κ3) is 60.5. The van der Waals surface area contributed by atoms with E-state index in [1.807, 2.05) is 0 Å². The monoisotopic (exact) mass is 743 g/mol. The number of unbranched alkanes of at least 4 members (excludes halogenated alkanes) is 24. The minimum Gasteiger partial charge on any atom is -0.822 e. The van der Waals surface area contributed by atoms with Gasteiger partial charge in [-0.2, -0.15) is 7.82 Å². The molecule has 0 saturated heterocycles. The smallest absolute Gasteiger partial charge is 0.822 e. The van der Waals surface area contributed by atoms with Crippen LogP contribution in [-0.2, 0) is 9.30 Å². The summed E-state index contributed by atoms with van der Waals surface area (Å²) in [6, 6.07) is 0. The Labute approximate surface area is 374 Å². The van der Waals surface area contributed by atoms with Crippen LogP contribution in [-0.4, -0.2) is 13.2 Å². The number of rotatable bonds is 36. The molecule has 0 aromatic heterocycles. The van der Waals surface area contributed by atoms with E-state index < -0.39 is 7.82 Å². The van der Waals surface area contributed by atoms with E-state index in [-0.39, 0.29) is 88.7 Å². The molecule has 0 rings (SSSR count). The van der Waals surface area contributed by atoms with Crippen molar-refractivity contribution in [2.24, 2.45) is 11.8 Å². The fraction of sp³-hybridized carbons (Fsp3) is 1.00. The van der Waals surface area contributed by atoms with Crippen molar-refractivity contribution >= 4 is 7.82 Å². The van der Waals surface area contributed by atoms with Crippen molar-refractivity contribution in [1.82, 2.24) is 0 Å². The number of hydrogen-bond acceptors (Lipinski definition) is 5. The molecule has 0 radical (unpaired) electrons. The summed E-state index contributed by atoms with van der Waals surface area (Å²) in [6.07, 6.45) is 45.6. The second-order valence-corrected chi connectivity index (χ2v) is 15.3. The molecule has 2 atom stereocenters. The minimum atomic E-state index is -5.39. The summed E-state index contributed by atoms with van der Waals surface area (Å²) in [5, 5.41) is 0.